The number of rotatable bonds is 4. The first-order valence-electron chi connectivity index (χ1n) is 13.1. The van der Waals surface area contributed by atoms with Gasteiger partial charge in [-0.3, -0.25) is 4.57 Å². The highest BCUT2D eigenvalue weighted by atomic mass is 16.5. The van der Waals surface area contributed by atoms with E-state index >= 15 is 0 Å². The molecule has 0 aliphatic rings. The molecule has 0 N–H and O–H groups in total. The lowest BCUT2D eigenvalue weighted by Crippen LogP contribution is -2.10. The number of aryl methyl sites for hydroxylation is 1. The standard InChI is InChI=1S/C35H32N2O/c1-23-19-34(36-22-31(23)25-11-14-27(15-12-25)35(2,3)4)37-32-18-13-26(24-9-7-6-8-10-24)20-30(32)29-17-16-28(38-5)21-33(29)37/h6-22H,1-5H3. The van der Waals surface area contributed by atoms with Crippen LogP contribution in [0.15, 0.2) is 103 Å². The molecule has 0 aliphatic heterocycles. The average Bonchev–Trinajstić information content (AvgIpc) is 3.26. The lowest BCUT2D eigenvalue weighted by Gasteiger charge is -2.19. The van der Waals surface area contributed by atoms with E-state index in [0.29, 0.717) is 0 Å². The summed E-state index contributed by atoms with van der Waals surface area (Å²) in [6.07, 6.45) is 2.01. The summed E-state index contributed by atoms with van der Waals surface area (Å²) in [5.41, 5.74) is 9.61. The van der Waals surface area contributed by atoms with E-state index in [1.165, 1.54) is 38.6 Å². The highest BCUT2D eigenvalue weighted by Crippen LogP contribution is 2.37. The second-order valence-electron chi connectivity index (χ2n) is 11.0. The molecule has 6 rings (SSSR count). The van der Waals surface area contributed by atoms with E-state index in [1.807, 2.05) is 12.3 Å². The minimum absolute atomic E-state index is 0.133. The van der Waals surface area contributed by atoms with E-state index in [9.17, 15) is 0 Å². The minimum atomic E-state index is 0.133. The molecule has 0 bridgehead atoms. The van der Waals surface area contributed by atoms with Crippen LogP contribution >= 0.6 is 0 Å². The van der Waals surface area contributed by atoms with Gasteiger partial charge in [-0.1, -0.05) is 81.4 Å². The van der Waals surface area contributed by atoms with Crippen molar-refractivity contribution in [2.75, 3.05) is 7.11 Å². The zero-order chi connectivity index (χ0) is 26.4. The monoisotopic (exact) mass is 496 g/mol. The van der Waals surface area contributed by atoms with Gasteiger partial charge in [-0.25, -0.2) is 4.98 Å². The largest absolute Gasteiger partial charge is 0.497 e. The lowest BCUT2D eigenvalue weighted by molar-refractivity contribution is 0.415. The number of hydrogen-bond donors (Lipinski definition) is 0. The molecule has 0 radical (unpaired) electrons. The summed E-state index contributed by atoms with van der Waals surface area (Å²) in [7, 11) is 1.71. The molecule has 188 valence electrons. The molecule has 4 aromatic carbocycles. The molecule has 0 saturated heterocycles. The highest BCUT2D eigenvalue weighted by Gasteiger charge is 2.17. The van der Waals surface area contributed by atoms with Crippen molar-refractivity contribution >= 4 is 21.8 Å². The van der Waals surface area contributed by atoms with Crippen molar-refractivity contribution in [3.63, 3.8) is 0 Å². The van der Waals surface area contributed by atoms with Gasteiger partial charge in [-0.15, -0.1) is 0 Å². The number of methoxy groups -OCH3 is 1. The van der Waals surface area contributed by atoms with Crippen LogP contribution in [-0.4, -0.2) is 16.7 Å². The Morgan fingerprint density at radius 1 is 0.684 bits per heavy atom. The maximum atomic E-state index is 5.60. The Morgan fingerprint density at radius 2 is 1.42 bits per heavy atom. The van der Waals surface area contributed by atoms with Crippen LogP contribution in [0.3, 0.4) is 0 Å². The number of benzene rings is 4. The van der Waals surface area contributed by atoms with Gasteiger partial charge in [0.15, 0.2) is 0 Å². The molecule has 0 unspecified atom stereocenters. The van der Waals surface area contributed by atoms with Crippen molar-refractivity contribution in [2.45, 2.75) is 33.1 Å². The van der Waals surface area contributed by atoms with Crippen molar-refractivity contribution < 1.29 is 4.74 Å². The van der Waals surface area contributed by atoms with Gasteiger partial charge in [-0.05, 0) is 70.5 Å². The molecule has 3 heteroatoms. The smallest absolute Gasteiger partial charge is 0.137 e. The summed E-state index contributed by atoms with van der Waals surface area (Å²) < 4.78 is 7.85. The third-order valence-electron chi connectivity index (χ3n) is 7.47. The molecule has 0 saturated carbocycles. The first kappa shape index (κ1) is 24.0. The van der Waals surface area contributed by atoms with Crippen LogP contribution in [0.1, 0.15) is 31.9 Å². The number of nitrogens with zero attached hydrogens (tertiary/aromatic N) is 2. The normalized spacial score (nSPS) is 11.8. The topological polar surface area (TPSA) is 27.1 Å². The maximum Gasteiger partial charge on any atom is 0.137 e. The number of pyridine rings is 1. The van der Waals surface area contributed by atoms with E-state index in [0.717, 1.165) is 28.2 Å². The molecule has 0 atom stereocenters. The van der Waals surface area contributed by atoms with Crippen molar-refractivity contribution in [2.24, 2.45) is 0 Å². The summed E-state index contributed by atoms with van der Waals surface area (Å²) in [5, 5.41) is 2.38. The molecular weight excluding hydrogens is 464 g/mol. The summed E-state index contributed by atoms with van der Waals surface area (Å²) in [4.78, 5) is 4.99. The Hall–Kier alpha value is -4.37. The van der Waals surface area contributed by atoms with E-state index < -0.39 is 0 Å². The predicted molar refractivity (Wildman–Crippen MR) is 159 cm³/mol. The van der Waals surface area contributed by atoms with Gasteiger partial charge in [0.1, 0.15) is 11.6 Å². The van der Waals surface area contributed by atoms with E-state index in [1.54, 1.807) is 7.11 Å². The van der Waals surface area contributed by atoms with Crippen molar-refractivity contribution in [1.82, 2.24) is 9.55 Å². The molecule has 0 aliphatic carbocycles. The molecule has 0 amide bonds. The fourth-order valence-electron chi connectivity index (χ4n) is 5.30. The first-order chi connectivity index (χ1) is 18.3. The van der Waals surface area contributed by atoms with Gasteiger partial charge >= 0.3 is 0 Å². The van der Waals surface area contributed by atoms with Crippen LogP contribution in [-0.2, 0) is 5.41 Å². The number of fused-ring (bicyclic) bond motifs is 3. The van der Waals surface area contributed by atoms with E-state index in [-0.39, 0.29) is 5.41 Å². The van der Waals surface area contributed by atoms with Gasteiger partial charge in [0.05, 0.1) is 18.1 Å². The Morgan fingerprint density at radius 3 is 2.11 bits per heavy atom. The van der Waals surface area contributed by atoms with E-state index in [2.05, 4.69) is 123 Å². The predicted octanol–water partition coefficient (Wildman–Crippen LogP) is 9.13. The summed E-state index contributed by atoms with van der Waals surface area (Å²) in [6.45, 7) is 8.90. The van der Waals surface area contributed by atoms with Crippen LogP contribution in [0.4, 0.5) is 0 Å². The van der Waals surface area contributed by atoms with Gasteiger partial charge in [-0.2, -0.15) is 0 Å². The maximum absolute atomic E-state index is 5.60. The molecular formula is C35H32N2O. The van der Waals surface area contributed by atoms with Gasteiger partial charge in [0.25, 0.3) is 0 Å². The van der Waals surface area contributed by atoms with E-state index in [4.69, 9.17) is 9.72 Å². The third kappa shape index (κ3) is 4.14. The Kier molecular flexibility index (Phi) is 5.80. The summed E-state index contributed by atoms with van der Waals surface area (Å²) in [5.74, 6) is 1.73. The molecule has 0 fully saturated rings. The van der Waals surface area contributed by atoms with Crippen LogP contribution in [0.2, 0.25) is 0 Å². The minimum Gasteiger partial charge on any atom is -0.497 e. The highest BCUT2D eigenvalue weighted by molar-refractivity contribution is 6.10. The number of aromatic nitrogens is 2. The molecule has 2 heterocycles. The third-order valence-corrected chi connectivity index (χ3v) is 7.47. The molecule has 6 aromatic rings. The number of ether oxygens (including phenoxy) is 1. The van der Waals surface area contributed by atoms with Crippen LogP contribution in [0, 0.1) is 6.92 Å². The van der Waals surface area contributed by atoms with Crippen LogP contribution < -0.4 is 4.74 Å². The quantitative estimate of drug-likeness (QED) is 0.243. The molecule has 38 heavy (non-hydrogen) atoms. The van der Waals surface area contributed by atoms with Crippen LogP contribution in [0.25, 0.3) is 49.9 Å². The van der Waals surface area contributed by atoms with Gasteiger partial charge in [0.2, 0.25) is 0 Å². The zero-order valence-corrected chi connectivity index (χ0v) is 22.6. The Bertz CT molecular complexity index is 1770. The Balaban J connectivity index is 1.51. The average molecular weight is 497 g/mol. The van der Waals surface area contributed by atoms with Crippen molar-refractivity contribution in [1.29, 1.82) is 0 Å². The van der Waals surface area contributed by atoms with Gasteiger partial charge < -0.3 is 4.74 Å². The second kappa shape index (κ2) is 9.18. The lowest BCUT2D eigenvalue weighted by atomic mass is 9.86. The summed E-state index contributed by atoms with van der Waals surface area (Å²) >= 11 is 0. The van der Waals surface area contributed by atoms with Crippen molar-refractivity contribution in [3.05, 3.63) is 114 Å². The fraction of sp³-hybridized carbons (Fsp3) is 0.171. The molecule has 3 nitrogen and oxygen atoms in total. The first-order valence-corrected chi connectivity index (χ1v) is 13.1. The second-order valence-corrected chi connectivity index (χ2v) is 11.0. The fourth-order valence-corrected chi connectivity index (χ4v) is 5.30. The van der Waals surface area contributed by atoms with Crippen LogP contribution in [0.5, 0.6) is 5.75 Å². The molecule has 2 aromatic heterocycles. The van der Waals surface area contributed by atoms with Crippen molar-refractivity contribution in [3.8, 4) is 33.8 Å². The van der Waals surface area contributed by atoms with Gasteiger partial charge in [0, 0.05) is 28.6 Å². The molecule has 0 spiro atoms. The zero-order valence-electron chi connectivity index (χ0n) is 22.6. The summed E-state index contributed by atoms with van der Waals surface area (Å²) in [6, 6.07) is 34.6. The Labute approximate surface area is 224 Å². The number of hydrogen-bond acceptors (Lipinski definition) is 2. The SMILES string of the molecule is COc1ccc2c3cc(-c4ccccc4)ccc3n(-c3cc(C)c(-c4ccc(C(C)(C)C)cc4)cn3)c2c1.